The average molecular weight is 403 g/mol. The smallest absolute Gasteiger partial charge is 0.126 e. The van der Waals surface area contributed by atoms with Crippen molar-refractivity contribution in [2.75, 3.05) is 13.2 Å². The van der Waals surface area contributed by atoms with Gasteiger partial charge in [-0.1, -0.05) is 12.1 Å². The summed E-state index contributed by atoms with van der Waals surface area (Å²) in [5.74, 6) is -1.34. The summed E-state index contributed by atoms with van der Waals surface area (Å²) in [6, 6.07) is 11.0. The minimum Gasteiger partial charge on any atom is -0.395 e. The molecule has 112 valence electrons. The first-order chi connectivity index (χ1) is 9.99. The van der Waals surface area contributed by atoms with Crippen molar-refractivity contribution in [3.05, 3.63) is 68.8 Å². The molecule has 0 heterocycles. The first-order valence-electron chi connectivity index (χ1n) is 6.51. The number of aliphatic hydroxyl groups is 1. The van der Waals surface area contributed by atoms with Crippen LogP contribution in [0.15, 0.2) is 42.5 Å². The van der Waals surface area contributed by atoms with E-state index in [0.717, 1.165) is 15.2 Å². The molecule has 1 unspecified atom stereocenters. The molecule has 0 aliphatic heterocycles. The lowest BCUT2D eigenvalue weighted by molar-refractivity contribution is 0.195. The first kappa shape index (κ1) is 16.3. The highest BCUT2D eigenvalue weighted by Gasteiger charge is 2.31. The highest BCUT2D eigenvalue weighted by atomic mass is 127. The van der Waals surface area contributed by atoms with Crippen molar-refractivity contribution in [2.24, 2.45) is 5.73 Å². The van der Waals surface area contributed by atoms with Crippen molar-refractivity contribution in [1.82, 2.24) is 0 Å². The molecule has 0 spiro atoms. The van der Waals surface area contributed by atoms with Crippen LogP contribution in [0, 0.1) is 15.2 Å². The summed E-state index contributed by atoms with van der Waals surface area (Å²) < 4.78 is 28.0. The molecule has 3 N–H and O–H groups in total. The van der Waals surface area contributed by atoms with Crippen LogP contribution in [-0.4, -0.2) is 18.3 Å². The summed E-state index contributed by atoms with van der Waals surface area (Å²) >= 11 is 2.20. The van der Waals surface area contributed by atoms with Crippen LogP contribution in [0.5, 0.6) is 0 Å². The Kier molecular flexibility index (Phi) is 5.29. The van der Waals surface area contributed by atoms with Crippen LogP contribution in [0.25, 0.3) is 0 Å². The summed E-state index contributed by atoms with van der Waals surface area (Å²) in [5.41, 5.74) is 6.26. The van der Waals surface area contributed by atoms with Gasteiger partial charge in [-0.3, -0.25) is 0 Å². The zero-order valence-electron chi connectivity index (χ0n) is 11.3. The van der Waals surface area contributed by atoms with Gasteiger partial charge in [-0.2, -0.15) is 0 Å². The lowest BCUT2D eigenvalue weighted by Crippen LogP contribution is -2.41. The molecule has 0 bridgehead atoms. The summed E-state index contributed by atoms with van der Waals surface area (Å²) in [6.07, 6.45) is 0.416. The van der Waals surface area contributed by atoms with Crippen LogP contribution >= 0.6 is 22.6 Å². The van der Waals surface area contributed by atoms with Gasteiger partial charge in [0.15, 0.2) is 0 Å². The second-order valence-electron chi connectivity index (χ2n) is 5.10. The number of rotatable bonds is 5. The maximum atomic E-state index is 13.5. The second-order valence-corrected chi connectivity index (χ2v) is 6.35. The van der Waals surface area contributed by atoms with E-state index in [0.29, 0.717) is 12.0 Å². The van der Waals surface area contributed by atoms with Crippen molar-refractivity contribution in [3.63, 3.8) is 0 Å². The van der Waals surface area contributed by atoms with E-state index in [1.165, 1.54) is 12.1 Å². The van der Waals surface area contributed by atoms with Crippen LogP contribution in [0.1, 0.15) is 11.1 Å². The van der Waals surface area contributed by atoms with E-state index in [9.17, 15) is 13.9 Å². The van der Waals surface area contributed by atoms with Gasteiger partial charge in [-0.15, -0.1) is 0 Å². The Hall–Kier alpha value is -1.05. The molecule has 0 fully saturated rings. The molecule has 2 aromatic carbocycles. The van der Waals surface area contributed by atoms with Crippen LogP contribution in [0.3, 0.4) is 0 Å². The molecule has 0 aromatic heterocycles. The molecule has 21 heavy (non-hydrogen) atoms. The third-order valence-electron chi connectivity index (χ3n) is 3.62. The fraction of sp³-hybridized carbons (Fsp3) is 0.250. The summed E-state index contributed by atoms with van der Waals surface area (Å²) in [6.45, 7) is -0.184. The predicted molar refractivity (Wildman–Crippen MR) is 87.0 cm³/mol. The second kappa shape index (κ2) is 6.81. The number of nitrogens with two attached hydrogens (primary N) is 1. The van der Waals surface area contributed by atoms with Gasteiger partial charge in [-0.05, 0) is 64.4 Å². The molecule has 0 aliphatic carbocycles. The minimum absolute atomic E-state index is 0.0956. The van der Waals surface area contributed by atoms with Gasteiger partial charge in [0.2, 0.25) is 0 Å². The van der Waals surface area contributed by atoms with Crippen molar-refractivity contribution >= 4 is 22.6 Å². The van der Waals surface area contributed by atoms with Gasteiger partial charge in [-0.25, -0.2) is 8.78 Å². The van der Waals surface area contributed by atoms with Gasteiger partial charge >= 0.3 is 0 Å². The number of aliphatic hydroxyl groups excluding tert-OH is 1. The average Bonchev–Trinajstić information content (AvgIpc) is 2.46. The topological polar surface area (TPSA) is 46.2 Å². The number of benzene rings is 2. The summed E-state index contributed by atoms with van der Waals surface area (Å²) in [7, 11) is 0. The van der Waals surface area contributed by atoms with Gasteiger partial charge in [0.25, 0.3) is 0 Å². The maximum Gasteiger partial charge on any atom is 0.126 e. The zero-order chi connectivity index (χ0) is 15.5. The first-order valence-corrected chi connectivity index (χ1v) is 7.59. The van der Waals surface area contributed by atoms with Gasteiger partial charge in [0.05, 0.1) is 6.61 Å². The van der Waals surface area contributed by atoms with Crippen molar-refractivity contribution in [1.29, 1.82) is 0 Å². The van der Waals surface area contributed by atoms with E-state index in [4.69, 9.17) is 5.73 Å². The van der Waals surface area contributed by atoms with Crippen molar-refractivity contribution in [2.45, 2.75) is 11.8 Å². The molecule has 2 aromatic rings. The van der Waals surface area contributed by atoms with Crippen LogP contribution in [-0.2, 0) is 11.8 Å². The number of hydrogen-bond donors (Lipinski definition) is 2. The van der Waals surface area contributed by atoms with Gasteiger partial charge in [0.1, 0.15) is 11.6 Å². The maximum absolute atomic E-state index is 13.5. The molecule has 0 saturated carbocycles. The Labute approximate surface area is 136 Å². The fourth-order valence-electron chi connectivity index (χ4n) is 2.36. The minimum atomic E-state index is -0.893. The SMILES string of the molecule is NCC(CO)(Cc1ccc(I)cc1)c1cc(F)cc(F)c1. The summed E-state index contributed by atoms with van der Waals surface area (Å²) in [5, 5.41) is 9.80. The Bertz CT molecular complexity index is 592. The third-order valence-corrected chi connectivity index (χ3v) is 4.34. The van der Waals surface area contributed by atoms with E-state index >= 15 is 0 Å². The Morgan fingerprint density at radius 3 is 2.10 bits per heavy atom. The zero-order valence-corrected chi connectivity index (χ0v) is 13.5. The fourth-order valence-corrected chi connectivity index (χ4v) is 2.72. The number of hydrogen-bond acceptors (Lipinski definition) is 2. The summed E-state index contributed by atoms with van der Waals surface area (Å²) in [4.78, 5) is 0. The lowest BCUT2D eigenvalue weighted by atomic mass is 9.76. The van der Waals surface area contributed by atoms with Crippen LogP contribution in [0.2, 0.25) is 0 Å². The molecular weight excluding hydrogens is 387 g/mol. The quantitative estimate of drug-likeness (QED) is 0.755. The standard InChI is InChI=1S/C16H16F2INO/c17-13-5-12(6-14(18)7-13)16(9-20,10-21)8-11-1-3-15(19)4-2-11/h1-7,21H,8-10,20H2. The lowest BCUT2D eigenvalue weighted by Gasteiger charge is -2.31. The molecular formula is C16H16F2INO. The molecule has 0 aliphatic rings. The molecule has 1 atom stereocenters. The normalized spacial score (nSPS) is 14.0. The van der Waals surface area contributed by atoms with Crippen molar-refractivity contribution in [3.8, 4) is 0 Å². The van der Waals surface area contributed by atoms with E-state index < -0.39 is 17.0 Å². The van der Waals surface area contributed by atoms with E-state index in [-0.39, 0.29) is 13.2 Å². The predicted octanol–water partition coefficient (Wildman–Crippen LogP) is 3.00. The Morgan fingerprint density at radius 1 is 1.05 bits per heavy atom. The largest absolute Gasteiger partial charge is 0.395 e. The molecule has 0 amide bonds. The highest BCUT2D eigenvalue weighted by Crippen LogP contribution is 2.29. The molecule has 0 radical (unpaired) electrons. The molecule has 0 saturated heterocycles. The van der Waals surface area contributed by atoms with Crippen molar-refractivity contribution < 1.29 is 13.9 Å². The van der Waals surface area contributed by atoms with E-state index in [2.05, 4.69) is 22.6 Å². The molecule has 5 heteroatoms. The molecule has 2 nitrogen and oxygen atoms in total. The number of halogens is 3. The Morgan fingerprint density at radius 2 is 1.62 bits per heavy atom. The van der Waals surface area contributed by atoms with Gasteiger partial charge in [0, 0.05) is 21.6 Å². The highest BCUT2D eigenvalue weighted by molar-refractivity contribution is 14.1. The Balaban J connectivity index is 2.41. The van der Waals surface area contributed by atoms with Crippen LogP contribution < -0.4 is 5.73 Å². The van der Waals surface area contributed by atoms with Gasteiger partial charge < -0.3 is 10.8 Å². The van der Waals surface area contributed by atoms with E-state index in [1.54, 1.807) is 0 Å². The van der Waals surface area contributed by atoms with Crippen LogP contribution in [0.4, 0.5) is 8.78 Å². The monoisotopic (exact) mass is 403 g/mol. The third kappa shape index (κ3) is 3.78. The van der Waals surface area contributed by atoms with E-state index in [1.807, 2.05) is 24.3 Å². The molecule has 2 rings (SSSR count).